The molecule has 0 aliphatic rings. The molecule has 0 saturated carbocycles. The van der Waals surface area contributed by atoms with Crippen LogP contribution in [0.1, 0.15) is 18.9 Å². The summed E-state index contributed by atoms with van der Waals surface area (Å²) in [5.74, 6) is 0. The van der Waals surface area contributed by atoms with Gasteiger partial charge in [0.1, 0.15) is 5.56 Å². The van der Waals surface area contributed by atoms with Gasteiger partial charge in [-0.2, -0.15) is 18.4 Å². The molecule has 0 aromatic heterocycles. The van der Waals surface area contributed by atoms with Crippen LogP contribution >= 0.6 is 0 Å². The lowest BCUT2D eigenvalue weighted by Gasteiger charge is -2.22. The molecular formula is C12H12F3N3O2. The van der Waals surface area contributed by atoms with Crippen molar-refractivity contribution in [3.63, 3.8) is 0 Å². The number of anilines is 1. The third kappa shape index (κ3) is 3.60. The summed E-state index contributed by atoms with van der Waals surface area (Å²) in [7, 11) is 0. The van der Waals surface area contributed by atoms with Gasteiger partial charge in [0.2, 0.25) is 0 Å². The summed E-state index contributed by atoms with van der Waals surface area (Å²) in [4.78, 5) is 11.1. The topological polar surface area (TPSA) is 70.2 Å². The van der Waals surface area contributed by atoms with E-state index in [0.717, 1.165) is 12.1 Å². The molecule has 0 saturated heterocycles. The van der Waals surface area contributed by atoms with Crippen LogP contribution < -0.4 is 4.90 Å². The molecule has 1 rings (SSSR count). The number of nitro benzene ring substituents is 1. The van der Waals surface area contributed by atoms with Crippen molar-refractivity contribution in [2.75, 3.05) is 18.0 Å². The monoisotopic (exact) mass is 287 g/mol. The summed E-state index contributed by atoms with van der Waals surface area (Å²) < 4.78 is 38.5. The number of hydrogen-bond donors (Lipinski definition) is 0. The molecule has 0 spiro atoms. The zero-order chi connectivity index (χ0) is 15.3. The molecule has 0 fully saturated rings. The Hall–Kier alpha value is -2.30. The van der Waals surface area contributed by atoms with E-state index < -0.39 is 22.4 Å². The van der Waals surface area contributed by atoms with Crippen molar-refractivity contribution in [3.05, 3.63) is 33.9 Å². The van der Waals surface area contributed by atoms with Gasteiger partial charge < -0.3 is 4.90 Å². The Morgan fingerprint density at radius 1 is 1.45 bits per heavy atom. The first-order chi connectivity index (χ1) is 9.31. The molecule has 108 valence electrons. The zero-order valence-electron chi connectivity index (χ0n) is 10.6. The van der Waals surface area contributed by atoms with Crippen LogP contribution in [0, 0.1) is 21.4 Å². The maximum Gasteiger partial charge on any atom is 0.423 e. The van der Waals surface area contributed by atoms with Crippen molar-refractivity contribution in [1.82, 2.24) is 0 Å². The molecule has 0 unspecified atom stereocenters. The molecule has 1 aromatic carbocycles. The van der Waals surface area contributed by atoms with Gasteiger partial charge in [-0.25, -0.2) is 0 Å². The van der Waals surface area contributed by atoms with Crippen molar-refractivity contribution in [1.29, 1.82) is 5.26 Å². The summed E-state index contributed by atoms with van der Waals surface area (Å²) in [6.45, 7) is 2.39. The highest BCUT2D eigenvalue weighted by molar-refractivity contribution is 5.56. The predicted octanol–water partition coefficient (Wildman–Crippen LogP) is 3.35. The van der Waals surface area contributed by atoms with Crippen molar-refractivity contribution >= 4 is 11.4 Å². The summed E-state index contributed by atoms with van der Waals surface area (Å²) in [6, 6.07) is 4.75. The summed E-state index contributed by atoms with van der Waals surface area (Å²) >= 11 is 0. The molecule has 20 heavy (non-hydrogen) atoms. The highest BCUT2D eigenvalue weighted by Crippen LogP contribution is 2.38. The van der Waals surface area contributed by atoms with Crippen LogP contribution in [-0.2, 0) is 6.18 Å². The number of hydrogen-bond acceptors (Lipinski definition) is 4. The number of nitriles is 1. The fraction of sp³-hybridized carbons (Fsp3) is 0.417. The van der Waals surface area contributed by atoms with E-state index in [4.69, 9.17) is 5.26 Å². The third-order valence-corrected chi connectivity index (χ3v) is 2.72. The van der Waals surface area contributed by atoms with E-state index in [2.05, 4.69) is 0 Å². The Bertz CT molecular complexity index is 538. The summed E-state index contributed by atoms with van der Waals surface area (Å²) in [5, 5.41) is 19.2. The molecule has 5 nitrogen and oxygen atoms in total. The number of nitrogens with zero attached hydrogens (tertiary/aromatic N) is 3. The SMILES string of the molecule is CCN(CCC#N)c1ccc([N+](=O)[O-])c(C(F)(F)F)c1. The minimum absolute atomic E-state index is 0.159. The second kappa shape index (κ2) is 6.23. The number of halogens is 3. The molecule has 0 heterocycles. The average Bonchev–Trinajstić information content (AvgIpc) is 2.38. The van der Waals surface area contributed by atoms with Crippen LogP contribution in [0.2, 0.25) is 0 Å². The quantitative estimate of drug-likeness (QED) is 0.615. The van der Waals surface area contributed by atoms with Gasteiger partial charge in [0.05, 0.1) is 17.4 Å². The first-order valence-electron chi connectivity index (χ1n) is 5.78. The van der Waals surface area contributed by atoms with Gasteiger partial charge in [0.25, 0.3) is 5.69 Å². The minimum Gasteiger partial charge on any atom is -0.371 e. The molecule has 0 bridgehead atoms. The first-order valence-corrected chi connectivity index (χ1v) is 5.78. The molecule has 0 atom stereocenters. The zero-order valence-corrected chi connectivity index (χ0v) is 10.6. The lowest BCUT2D eigenvalue weighted by atomic mass is 10.1. The van der Waals surface area contributed by atoms with Crippen molar-refractivity contribution in [2.24, 2.45) is 0 Å². The number of benzene rings is 1. The number of alkyl halides is 3. The lowest BCUT2D eigenvalue weighted by molar-refractivity contribution is -0.388. The molecule has 0 aliphatic carbocycles. The van der Waals surface area contributed by atoms with Crippen LogP contribution in [0.5, 0.6) is 0 Å². The second-order valence-electron chi connectivity index (χ2n) is 3.94. The summed E-state index contributed by atoms with van der Waals surface area (Å²) in [6.07, 6.45) is -4.64. The van der Waals surface area contributed by atoms with Gasteiger partial charge in [0, 0.05) is 24.8 Å². The molecule has 0 amide bonds. The number of nitro groups is 1. The molecule has 8 heteroatoms. The van der Waals surface area contributed by atoms with Crippen LogP contribution in [0.4, 0.5) is 24.5 Å². The highest BCUT2D eigenvalue weighted by Gasteiger charge is 2.38. The Kier molecular flexibility index (Phi) is 4.91. The third-order valence-electron chi connectivity index (χ3n) is 2.72. The van der Waals surface area contributed by atoms with E-state index >= 15 is 0 Å². The second-order valence-corrected chi connectivity index (χ2v) is 3.94. The fourth-order valence-corrected chi connectivity index (χ4v) is 1.76. The van der Waals surface area contributed by atoms with Gasteiger partial charge in [-0.15, -0.1) is 0 Å². The highest BCUT2D eigenvalue weighted by atomic mass is 19.4. The maximum atomic E-state index is 12.8. The normalized spacial score (nSPS) is 10.9. The van der Waals surface area contributed by atoms with Gasteiger partial charge in [-0.05, 0) is 19.1 Å². The number of rotatable bonds is 5. The van der Waals surface area contributed by atoms with Gasteiger partial charge >= 0.3 is 6.18 Å². The predicted molar refractivity (Wildman–Crippen MR) is 66.2 cm³/mol. The molecule has 0 aliphatic heterocycles. The molecule has 0 radical (unpaired) electrons. The van der Waals surface area contributed by atoms with Crippen molar-refractivity contribution in [3.8, 4) is 6.07 Å². The van der Waals surface area contributed by atoms with E-state index in [1.165, 1.54) is 6.07 Å². The Balaban J connectivity index is 3.25. The standard InChI is InChI=1S/C12H12F3N3O2/c1-2-17(7-3-6-16)9-4-5-11(18(19)20)10(8-9)12(13,14)15/h4-5,8H,2-3,7H2,1H3. The van der Waals surface area contributed by atoms with Crippen LogP contribution in [0.15, 0.2) is 18.2 Å². The Labute approximate surface area is 113 Å². The van der Waals surface area contributed by atoms with Crippen LogP contribution in [-0.4, -0.2) is 18.0 Å². The Morgan fingerprint density at radius 3 is 2.55 bits per heavy atom. The summed E-state index contributed by atoms with van der Waals surface area (Å²) in [5.41, 5.74) is -2.05. The van der Waals surface area contributed by atoms with E-state index in [9.17, 15) is 23.3 Å². The van der Waals surface area contributed by atoms with E-state index in [1.807, 2.05) is 6.07 Å². The van der Waals surface area contributed by atoms with Crippen molar-refractivity contribution < 1.29 is 18.1 Å². The van der Waals surface area contributed by atoms with E-state index in [0.29, 0.717) is 6.54 Å². The molecule has 1 aromatic rings. The molecule has 0 N–H and O–H groups in total. The minimum atomic E-state index is -4.80. The van der Waals surface area contributed by atoms with Gasteiger partial charge in [-0.1, -0.05) is 0 Å². The van der Waals surface area contributed by atoms with E-state index in [-0.39, 0.29) is 18.7 Å². The first kappa shape index (κ1) is 15.8. The van der Waals surface area contributed by atoms with Crippen LogP contribution in [0.25, 0.3) is 0 Å². The maximum absolute atomic E-state index is 12.8. The van der Waals surface area contributed by atoms with Crippen LogP contribution in [0.3, 0.4) is 0 Å². The fourth-order valence-electron chi connectivity index (χ4n) is 1.76. The van der Waals surface area contributed by atoms with E-state index in [1.54, 1.807) is 11.8 Å². The Morgan fingerprint density at radius 2 is 2.10 bits per heavy atom. The smallest absolute Gasteiger partial charge is 0.371 e. The molecular weight excluding hydrogens is 275 g/mol. The average molecular weight is 287 g/mol. The largest absolute Gasteiger partial charge is 0.423 e. The van der Waals surface area contributed by atoms with Gasteiger partial charge in [0.15, 0.2) is 0 Å². The van der Waals surface area contributed by atoms with Gasteiger partial charge in [-0.3, -0.25) is 10.1 Å². The van der Waals surface area contributed by atoms with Crippen molar-refractivity contribution in [2.45, 2.75) is 19.5 Å². The lowest BCUT2D eigenvalue weighted by Crippen LogP contribution is -2.24.